The van der Waals surface area contributed by atoms with Gasteiger partial charge in [-0.05, 0) is 47.2 Å². The summed E-state index contributed by atoms with van der Waals surface area (Å²) in [5.41, 5.74) is 6.57. The number of carbonyl (C=O) groups is 2. The van der Waals surface area contributed by atoms with E-state index in [2.05, 4.69) is 5.32 Å². The molecule has 1 aliphatic rings. The van der Waals surface area contributed by atoms with Crippen molar-refractivity contribution in [3.8, 4) is 0 Å². The number of hydrogen-bond acceptors (Lipinski definition) is 4. The molecule has 4 N–H and O–H groups in total. The van der Waals surface area contributed by atoms with Crippen LogP contribution in [0.15, 0.2) is 78.9 Å². The predicted octanol–water partition coefficient (Wildman–Crippen LogP) is 3.34. The van der Waals surface area contributed by atoms with Crippen molar-refractivity contribution in [1.29, 1.82) is 0 Å². The third kappa shape index (κ3) is 4.71. The Kier molecular flexibility index (Phi) is 7.32. The highest BCUT2D eigenvalue weighted by molar-refractivity contribution is 6.30. The van der Waals surface area contributed by atoms with Crippen LogP contribution in [0.1, 0.15) is 35.1 Å². The lowest BCUT2D eigenvalue weighted by Crippen LogP contribution is -2.53. The van der Waals surface area contributed by atoms with E-state index in [4.69, 9.17) is 17.3 Å². The molecule has 0 unspecified atom stereocenters. The summed E-state index contributed by atoms with van der Waals surface area (Å²) < 4.78 is 0. The summed E-state index contributed by atoms with van der Waals surface area (Å²) in [5, 5.41) is 15.3. The van der Waals surface area contributed by atoms with Gasteiger partial charge in [0.25, 0.3) is 5.91 Å². The molecule has 1 fully saturated rings. The first-order chi connectivity index (χ1) is 16.4. The standard InChI is InChI=1S/C27H28ClN3O3/c28-23-14-13-19(17-29)20(16-23)18-30-25(32)24-12-7-15-31(24)26(33)27(34,21-8-3-1-4-9-21)22-10-5-2-6-11-22/h1-6,8-11,13-14,16,24,34H,7,12,15,17-18,29H2,(H,30,32)/t24-/m0/s1. The van der Waals surface area contributed by atoms with Crippen molar-refractivity contribution in [3.63, 3.8) is 0 Å². The summed E-state index contributed by atoms with van der Waals surface area (Å²) in [6, 6.07) is 22.4. The van der Waals surface area contributed by atoms with E-state index in [0.717, 1.165) is 11.1 Å². The monoisotopic (exact) mass is 477 g/mol. The lowest BCUT2D eigenvalue weighted by molar-refractivity contribution is -0.152. The van der Waals surface area contributed by atoms with Gasteiger partial charge in [-0.1, -0.05) is 78.3 Å². The van der Waals surface area contributed by atoms with Gasteiger partial charge >= 0.3 is 0 Å². The molecule has 1 atom stereocenters. The Labute approximate surface area is 204 Å². The fourth-order valence-corrected chi connectivity index (χ4v) is 4.72. The van der Waals surface area contributed by atoms with Crippen LogP contribution in [0.5, 0.6) is 0 Å². The summed E-state index contributed by atoms with van der Waals surface area (Å²) in [6.45, 7) is 0.980. The van der Waals surface area contributed by atoms with Crippen molar-refractivity contribution in [2.75, 3.05) is 6.54 Å². The van der Waals surface area contributed by atoms with Crippen molar-refractivity contribution >= 4 is 23.4 Å². The number of amides is 2. The second-order valence-corrected chi connectivity index (χ2v) is 8.87. The average Bonchev–Trinajstić information content (AvgIpc) is 3.37. The van der Waals surface area contributed by atoms with Crippen molar-refractivity contribution in [3.05, 3.63) is 106 Å². The third-order valence-electron chi connectivity index (χ3n) is 6.35. The molecular formula is C27H28ClN3O3. The van der Waals surface area contributed by atoms with Gasteiger partial charge in [0, 0.05) is 24.7 Å². The lowest BCUT2D eigenvalue weighted by atomic mass is 9.84. The van der Waals surface area contributed by atoms with Crippen LogP contribution >= 0.6 is 11.6 Å². The van der Waals surface area contributed by atoms with Crippen molar-refractivity contribution in [2.24, 2.45) is 5.73 Å². The van der Waals surface area contributed by atoms with Crippen LogP contribution < -0.4 is 11.1 Å². The van der Waals surface area contributed by atoms with Crippen LogP contribution in [0, 0.1) is 0 Å². The van der Waals surface area contributed by atoms with Gasteiger partial charge in [0.05, 0.1) is 0 Å². The number of nitrogens with zero attached hydrogens (tertiary/aromatic N) is 1. The van der Waals surface area contributed by atoms with Crippen LogP contribution in [0.25, 0.3) is 0 Å². The number of hydrogen-bond donors (Lipinski definition) is 3. The number of halogens is 1. The van der Waals surface area contributed by atoms with Crippen LogP contribution in [-0.2, 0) is 28.3 Å². The van der Waals surface area contributed by atoms with Crippen LogP contribution in [0.2, 0.25) is 5.02 Å². The molecule has 0 bridgehead atoms. The molecule has 34 heavy (non-hydrogen) atoms. The van der Waals surface area contributed by atoms with Crippen LogP contribution in [-0.4, -0.2) is 34.4 Å². The van der Waals surface area contributed by atoms with Crippen LogP contribution in [0.4, 0.5) is 0 Å². The van der Waals surface area contributed by atoms with Gasteiger partial charge in [0.2, 0.25) is 5.91 Å². The smallest absolute Gasteiger partial charge is 0.264 e. The summed E-state index contributed by atoms with van der Waals surface area (Å²) in [5.74, 6) is -0.773. The first-order valence-corrected chi connectivity index (χ1v) is 11.7. The summed E-state index contributed by atoms with van der Waals surface area (Å²) in [7, 11) is 0. The molecule has 2 amide bonds. The van der Waals surface area contributed by atoms with Gasteiger partial charge in [-0.15, -0.1) is 0 Å². The van der Waals surface area contributed by atoms with E-state index in [0.29, 0.717) is 42.1 Å². The molecule has 1 heterocycles. The Bertz CT molecular complexity index is 1110. The molecular weight excluding hydrogens is 450 g/mol. The molecule has 6 nitrogen and oxygen atoms in total. The number of nitrogens with two attached hydrogens (primary N) is 1. The van der Waals surface area contributed by atoms with E-state index in [1.807, 2.05) is 18.2 Å². The molecule has 1 saturated heterocycles. The number of likely N-dealkylation sites (tertiary alicyclic amines) is 1. The minimum absolute atomic E-state index is 0.256. The molecule has 3 aromatic rings. The zero-order valence-electron chi connectivity index (χ0n) is 18.8. The fourth-order valence-electron chi connectivity index (χ4n) is 4.52. The van der Waals surface area contributed by atoms with Gasteiger partial charge in [-0.2, -0.15) is 0 Å². The predicted molar refractivity (Wildman–Crippen MR) is 132 cm³/mol. The zero-order chi connectivity index (χ0) is 24.1. The fraction of sp³-hybridized carbons (Fsp3) is 0.259. The minimum atomic E-state index is -1.90. The van der Waals surface area contributed by atoms with Crippen molar-refractivity contribution in [2.45, 2.75) is 37.6 Å². The van der Waals surface area contributed by atoms with E-state index in [9.17, 15) is 14.7 Å². The van der Waals surface area contributed by atoms with E-state index in [1.165, 1.54) is 4.90 Å². The largest absolute Gasteiger partial charge is 0.372 e. The third-order valence-corrected chi connectivity index (χ3v) is 6.59. The van der Waals surface area contributed by atoms with Gasteiger partial charge in [-0.25, -0.2) is 0 Å². The highest BCUT2D eigenvalue weighted by Crippen LogP contribution is 2.34. The second kappa shape index (κ2) is 10.4. The number of rotatable bonds is 7. The Hall–Kier alpha value is -3.19. The van der Waals surface area contributed by atoms with E-state index < -0.39 is 17.6 Å². The first-order valence-electron chi connectivity index (χ1n) is 11.3. The molecule has 1 aliphatic heterocycles. The normalized spacial score (nSPS) is 15.9. The molecule has 0 spiro atoms. The molecule has 0 aliphatic carbocycles. The van der Waals surface area contributed by atoms with Gasteiger partial charge in [-0.3, -0.25) is 9.59 Å². The molecule has 7 heteroatoms. The molecule has 0 radical (unpaired) electrons. The average molecular weight is 478 g/mol. The minimum Gasteiger partial charge on any atom is -0.372 e. The quantitative estimate of drug-likeness (QED) is 0.486. The van der Waals surface area contributed by atoms with E-state index >= 15 is 0 Å². The highest BCUT2D eigenvalue weighted by atomic mass is 35.5. The maximum atomic E-state index is 13.9. The Morgan fingerprint density at radius 3 is 2.21 bits per heavy atom. The van der Waals surface area contributed by atoms with Crippen molar-refractivity contribution < 1.29 is 14.7 Å². The van der Waals surface area contributed by atoms with Gasteiger partial charge < -0.3 is 21.1 Å². The number of aliphatic hydroxyl groups is 1. The Morgan fingerprint density at radius 2 is 1.62 bits per heavy atom. The summed E-state index contributed by atoms with van der Waals surface area (Å²) >= 11 is 6.11. The number of carbonyl (C=O) groups excluding carboxylic acids is 2. The Balaban J connectivity index is 1.58. The highest BCUT2D eigenvalue weighted by Gasteiger charge is 2.47. The summed E-state index contributed by atoms with van der Waals surface area (Å²) in [4.78, 5) is 28.5. The molecule has 0 aromatic heterocycles. The lowest BCUT2D eigenvalue weighted by Gasteiger charge is -2.34. The number of nitrogens with one attached hydrogen (secondary N) is 1. The van der Waals surface area contributed by atoms with Crippen LogP contribution in [0.3, 0.4) is 0 Å². The second-order valence-electron chi connectivity index (χ2n) is 8.43. The van der Waals surface area contributed by atoms with E-state index in [1.54, 1.807) is 60.7 Å². The maximum absolute atomic E-state index is 13.9. The SMILES string of the molecule is NCc1ccc(Cl)cc1CNC(=O)[C@@H]1CCCN1C(=O)C(O)(c1ccccc1)c1ccccc1. The van der Waals surface area contributed by atoms with E-state index in [-0.39, 0.29) is 12.5 Å². The first kappa shape index (κ1) is 24.0. The topological polar surface area (TPSA) is 95.7 Å². The van der Waals surface area contributed by atoms with Gasteiger partial charge in [0.1, 0.15) is 6.04 Å². The molecule has 3 aromatic carbocycles. The molecule has 4 rings (SSSR count). The Morgan fingerprint density at radius 1 is 1.00 bits per heavy atom. The molecule has 176 valence electrons. The number of benzene rings is 3. The van der Waals surface area contributed by atoms with Crippen molar-refractivity contribution in [1.82, 2.24) is 10.2 Å². The maximum Gasteiger partial charge on any atom is 0.264 e. The van der Waals surface area contributed by atoms with Gasteiger partial charge in [0.15, 0.2) is 5.60 Å². The molecule has 0 saturated carbocycles. The zero-order valence-corrected chi connectivity index (χ0v) is 19.5. The summed E-state index contributed by atoms with van der Waals surface area (Å²) in [6.07, 6.45) is 1.20.